The zero-order valence-electron chi connectivity index (χ0n) is 13.7. The first-order valence-electron chi connectivity index (χ1n) is 7.63. The Hall–Kier alpha value is -2.40. The Balaban J connectivity index is 1.83. The molecule has 1 aromatic heterocycles. The van der Waals surface area contributed by atoms with Crippen molar-refractivity contribution in [3.8, 4) is 5.75 Å². The summed E-state index contributed by atoms with van der Waals surface area (Å²) >= 11 is 1.47. The smallest absolute Gasteiger partial charge is 0.262 e. The van der Waals surface area contributed by atoms with Gasteiger partial charge in [-0.25, -0.2) is 4.39 Å². The molecule has 3 rings (SSSR count). The number of halogens is 1. The third-order valence-electron chi connectivity index (χ3n) is 4.07. The highest BCUT2D eigenvalue weighted by atomic mass is 32.1. The second kappa shape index (κ2) is 6.61. The predicted molar refractivity (Wildman–Crippen MR) is 95.4 cm³/mol. The summed E-state index contributed by atoms with van der Waals surface area (Å²) in [5.41, 5.74) is 1.67. The molecule has 0 fully saturated rings. The maximum absolute atomic E-state index is 13.8. The minimum Gasteiger partial charge on any atom is -0.494 e. The molecule has 2 aromatic carbocycles. The average Bonchev–Trinajstić information content (AvgIpc) is 2.92. The second-order valence-electron chi connectivity index (χ2n) is 5.64. The van der Waals surface area contributed by atoms with Gasteiger partial charge in [-0.1, -0.05) is 24.3 Å². The van der Waals surface area contributed by atoms with Gasteiger partial charge in [0, 0.05) is 4.70 Å². The van der Waals surface area contributed by atoms with Gasteiger partial charge in [-0.3, -0.25) is 4.79 Å². The van der Waals surface area contributed by atoms with Crippen LogP contribution in [-0.2, 0) is 0 Å². The molecule has 1 N–H and O–H groups in total. The fourth-order valence-electron chi connectivity index (χ4n) is 2.69. The van der Waals surface area contributed by atoms with Gasteiger partial charge in [-0.15, -0.1) is 11.3 Å². The summed E-state index contributed by atoms with van der Waals surface area (Å²) in [6.45, 7) is 3.78. The molecule has 0 bridgehead atoms. The summed E-state index contributed by atoms with van der Waals surface area (Å²) < 4.78 is 19.8. The first kappa shape index (κ1) is 16.5. The van der Waals surface area contributed by atoms with Crippen LogP contribution in [0.25, 0.3) is 10.1 Å². The normalized spacial score (nSPS) is 12.2. The van der Waals surface area contributed by atoms with Crippen LogP contribution in [0.4, 0.5) is 4.39 Å². The van der Waals surface area contributed by atoms with Crippen LogP contribution in [0, 0.1) is 12.7 Å². The molecule has 0 aliphatic heterocycles. The van der Waals surface area contributed by atoms with Crippen molar-refractivity contribution in [1.29, 1.82) is 0 Å². The number of carbonyl (C=O) groups is 1. The van der Waals surface area contributed by atoms with Gasteiger partial charge in [0.2, 0.25) is 0 Å². The highest BCUT2D eigenvalue weighted by Gasteiger charge is 2.18. The van der Waals surface area contributed by atoms with Crippen molar-refractivity contribution in [2.45, 2.75) is 19.9 Å². The third kappa shape index (κ3) is 2.99. The lowest BCUT2D eigenvalue weighted by atomic mass is 10.1. The first-order chi connectivity index (χ1) is 11.5. The maximum Gasteiger partial charge on any atom is 0.262 e. The molecule has 1 heterocycles. The summed E-state index contributed by atoms with van der Waals surface area (Å²) in [5.74, 6) is -0.385. The van der Waals surface area contributed by atoms with E-state index < -0.39 is 5.82 Å². The zero-order chi connectivity index (χ0) is 17.3. The highest BCUT2D eigenvalue weighted by molar-refractivity contribution is 7.21. The maximum atomic E-state index is 13.8. The Kier molecular flexibility index (Phi) is 4.53. The molecule has 5 heteroatoms. The standard InChI is InChI=1S/C19H18FNO2S/c1-11-14-6-4-5-7-17(14)24-18(11)19(22)21-12(2)13-8-9-16(23-3)15(20)10-13/h4-10,12H,1-3H3,(H,21,22). The van der Waals surface area contributed by atoms with Gasteiger partial charge < -0.3 is 10.1 Å². The van der Waals surface area contributed by atoms with Crippen molar-refractivity contribution in [3.05, 3.63) is 64.3 Å². The van der Waals surface area contributed by atoms with Crippen molar-refractivity contribution in [1.82, 2.24) is 5.32 Å². The SMILES string of the molecule is COc1ccc(C(C)NC(=O)c2sc3ccccc3c2C)cc1F. The van der Waals surface area contributed by atoms with Crippen molar-refractivity contribution < 1.29 is 13.9 Å². The Morgan fingerprint density at radius 2 is 2.00 bits per heavy atom. The van der Waals surface area contributed by atoms with Crippen LogP contribution in [0.5, 0.6) is 5.75 Å². The summed E-state index contributed by atoms with van der Waals surface area (Å²) in [7, 11) is 1.42. The quantitative estimate of drug-likeness (QED) is 0.735. The van der Waals surface area contributed by atoms with Crippen molar-refractivity contribution in [3.63, 3.8) is 0 Å². The molecule has 1 amide bonds. The number of nitrogens with one attached hydrogen (secondary N) is 1. The minimum atomic E-state index is -0.436. The monoisotopic (exact) mass is 343 g/mol. The van der Waals surface area contributed by atoms with Crippen LogP contribution < -0.4 is 10.1 Å². The van der Waals surface area contributed by atoms with Gasteiger partial charge in [0.15, 0.2) is 11.6 Å². The number of ether oxygens (including phenoxy) is 1. The van der Waals surface area contributed by atoms with Gasteiger partial charge in [-0.05, 0) is 48.6 Å². The lowest BCUT2D eigenvalue weighted by Crippen LogP contribution is -2.26. The van der Waals surface area contributed by atoms with E-state index in [0.717, 1.165) is 15.6 Å². The summed E-state index contributed by atoms with van der Waals surface area (Å²) in [4.78, 5) is 13.3. The number of amides is 1. The van der Waals surface area contributed by atoms with Gasteiger partial charge in [-0.2, -0.15) is 0 Å². The number of carbonyl (C=O) groups excluding carboxylic acids is 1. The second-order valence-corrected chi connectivity index (χ2v) is 6.69. The van der Waals surface area contributed by atoms with E-state index >= 15 is 0 Å². The molecule has 0 radical (unpaired) electrons. The minimum absolute atomic E-state index is 0.141. The molecule has 0 spiro atoms. The number of rotatable bonds is 4. The van der Waals surface area contributed by atoms with Crippen LogP contribution in [0.2, 0.25) is 0 Å². The van der Waals surface area contributed by atoms with Gasteiger partial charge in [0.1, 0.15) is 0 Å². The molecule has 124 valence electrons. The van der Waals surface area contributed by atoms with E-state index in [1.54, 1.807) is 12.1 Å². The molecular weight excluding hydrogens is 325 g/mol. The summed E-state index contributed by atoms with van der Waals surface area (Å²) in [6, 6.07) is 12.4. The van der Waals surface area contributed by atoms with Crippen LogP contribution >= 0.6 is 11.3 Å². The van der Waals surface area contributed by atoms with Crippen molar-refractivity contribution >= 4 is 27.3 Å². The molecule has 0 saturated carbocycles. The number of methoxy groups -OCH3 is 1. The van der Waals surface area contributed by atoms with Crippen LogP contribution in [0.3, 0.4) is 0 Å². The third-order valence-corrected chi connectivity index (χ3v) is 5.34. The van der Waals surface area contributed by atoms with E-state index in [2.05, 4.69) is 5.32 Å². The van der Waals surface area contributed by atoms with Crippen molar-refractivity contribution in [2.24, 2.45) is 0 Å². The predicted octanol–water partition coefficient (Wildman–Crippen LogP) is 4.85. The Labute approximate surface area is 144 Å². The Morgan fingerprint density at radius 1 is 1.25 bits per heavy atom. The van der Waals surface area contributed by atoms with E-state index in [9.17, 15) is 9.18 Å². The fraction of sp³-hybridized carbons (Fsp3) is 0.211. The van der Waals surface area contributed by atoms with E-state index in [4.69, 9.17) is 4.74 Å². The summed E-state index contributed by atoms with van der Waals surface area (Å²) in [6.07, 6.45) is 0. The fourth-order valence-corrected chi connectivity index (χ4v) is 3.80. The Morgan fingerprint density at radius 3 is 2.67 bits per heavy atom. The summed E-state index contributed by atoms with van der Waals surface area (Å²) in [5, 5.41) is 4.04. The topological polar surface area (TPSA) is 38.3 Å². The van der Waals surface area contributed by atoms with Crippen LogP contribution in [0.1, 0.15) is 33.8 Å². The molecule has 0 aliphatic carbocycles. The lowest BCUT2D eigenvalue weighted by Gasteiger charge is -2.15. The number of hydrogen-bond donors (Lipinski definition) is 1. The van der Waals surface area contributed by atoms with Crippen LogP contribution in [0.15, 0.2) is 42.5 Å². The van der Waals surface area contributed by atoms with Gasteiger partial charge in [0.25, 0.3) is 5.91 Å². The highest BCUT2D eigenvalue weighted by Crippen LogP contribution is 2.31. The molecule has 1 unspecified atom stereocenters. The Bertz CT molecular complexity index is 904. The van der Waals surface area contributed by atoms with E-state index in [1.165, 1.54) is 24.5 Å². The number of hydrogen-bond acceptors (Lipinski definition) is 3. The van der Waals surface area contributed by atoms with E-state index in [-0.39, 0.29) is 17.7 Å². The lowest BCUT2D eigenvalue weighted by molar-refractivity contribution is 0.0943. The number of benzene rings is 2. The molecule has 24 heavy (non-hydrogen) atoms. The zero-order valence-corrected chi connectivity index (χ0v) is 14.5. The molecule has 0 aliphatic rings. The van der Waals surface area contributed by atoms with E-state index in [1.807, 2.05) is 38.1 Å². The number of aryl methyl sites for hydroxylation is 1. The van der Waals surface area contributed by atoms with Crippen LogP contribution in [-0.4, -0.2) is 13.0 Å². The largest absolute Gasteiger partial charge is 0.494 e. The molecule has 1 atom stereocenters. The van der Waals surface area contributed by atoms with Gasteiger partial charge >= 0.3 is 0 Å². The molecule has 3 nitrogen and oxygen atoms in total. The van der Waals surface area contributed by atoms with Crippen molar-refractivity contribution in [2.75, 3.05) is 7.11 Å². The molecule has 0 saturated heterocycles. The number of fused-ring (bicyclic) bond motifs is 1. The first-order valence-corrected chi connectivity index (χ1v) is 8.45. The van der Waals surface area contributed by atoms with Gasteiger partial charge in [0.05, 0.1) is 18.0 Å². The number of thiophene rings is 1. The molecule has 3 aromatic rings. The molecular formula is C19H18FNO2S. The van der Waals surface area contributed by atoms with E-state index in [0.29, 0.717) is 10.4 Å². The average molecular weight is 343 g/mol.